The van der Waals surface area contributed by atoms with E-state index in [0.29, 0.717) is 11.3 Å². The van der Waals surface area contributed by atoms with Crippen LogP contribution in [0.25, 0.3) is 21.9 Å². The van der Waals surface area contributed by atoms with Crippen molar-refractivity contribution in [3.8, 4) is 22.6 Å². The Bertz CT molecular complexity index is 1450. The lowest BCUT2D eigenvalue weighted by Crippen LogP contribution is -2.09. The lowest BCUT2D eigenvalue weighted by molar-refractivity contribution is -0.142. The van der Waals surface area contributed by atoms with Crippen molar-refractivity contribution in [3.05, 3.63) is 108 Å². The Kier molecular flexibility index (Phi) is 7.20. The molecule has 1 atom stereocenters. The summed E-state index contributed by atoms with van der Waals surface area (Å²) >= 11 is 0. The van der Waals surface area contributed by atoms with Gasteiger partial charge in [-0.25, -0.2) is 9.59 Å². The summed E-state index contributed by atoms with van der Waals surface area (Å²) in [5.74, 6) is 0.425. The Morgan fingerprint density at radius 1 is 0.806 bits per heavy atom. The fourth-order valence-corrected chi connectivity index (χ4v) is 4.05. The van der Waals surface area contributed by atoms with E-state index in [0.717, 1.165) is 50.4 Å². The normalized spacial score (nSPS) is 11.6. The largest absolute Gasteiger partial charge is 0.496 e. The van der Waals surface area contributed by atoms with Gasteiger partial charge in [-0.05, 0) is 89.7 Å². The minimum absolute atomic E-state index is 0.357. The third-order valence-electron chi connectivity index (χ3n) is 6.36. The fourth-order valence-electron chi connectivity index (χ4n) is 4.05. The number of carbonyl (C=O) groups excluding carboxylic acids is 2. The summed E-state index contributed by atoms with van der Waals surface area (Å²) in [6.45, 7) is 9.09. The summed E-state index contributed by atoms with van der Waals surface area (Å²) < 4.78 is 16.3. The van der Waals surface area contributed by atoms with Crippen LogP contribution in [0.15, 0.2) is 85.5 Å². The van der Waals surface area contributed by atoms with Gasteiger partial charge in [0.15, 0.2) is 0 Å². The van der Waals surface area contributed by atoms with Crippen LogP contribution in [0.2, 0.25) is 0 Å². The number of ether oxygens (including phenoxy) is 3. The molecule has 0 bridgehead atoms. The zero-order chi connectivity index (χ0) is 25.8. The van der Waals surface area contributed by atoms with Crippen LogP contribution in [0.4, 0.5) is 0 Å². The molecular formula is C31H28O5. The van der Waals surface area contributed by atoms with Crippen LogP contribution in [0.1, 0.15) is 40.1 Å². The summed E-state index contributed by atoms with van der Waals surface area (Å²) in [5, 5.41) is 1.95. The lowest BCUT2D eigenvalue weighted by atomic mass is 9.98. The summed E-state index contributed by atoms with van der Waals surface area (Å²) in [6, 6.07) is 23.1. The van der Waals surface area contributed by atoms with Gasteiger partial charge in [0.05, 0.1) is 12.7 Å². The zero-order valence-electron chi connectivity index (χ0n) is 20.8. The Balaban J connectivity index is 1.52. The predicted octanol–water partition coefficient (Wildman–Crippen LogP) is 7.14. The van der Waals surface area contributed by atoms with Gasteiger partial charge in [0.25, 0.3) is 0 Å². The molecule has 0 N–H and O–H groups in total. The van der Waals surface area contributed by atoms with Gasteiger partial charge >= 0.3 is 11.9 Å². The van der Waals surface area contributed by atoms with Crippen molar-refractivity contribution in [1.82, 2.24) is 0 Å². The summed E-state index contributed by atoms with van der Waals surface area (Å²) in [5.41, 5.74) is 5.28. The monoisotopic (exact) mass is 480 g/mol. The molecule has 0 aromatic heterocycles. The minimum atomic E-state index is -0.446. The number of fused-ring (bicyclic) bond motifs is 1. The molecule has 0 spiro atoms. The number of carbonyl (C=O) groups is 2. The molecule has 36 heavy (non-hydrogen) atoms. The third-order valence-corrected chi connectivity index (χ3v) is 6.36. The first-order chi connectivity index (χ1) is 17.3. The van der Waals surface area contributed by atoms with E-state index < -0.39 is 11.9 Å². The van der Waals surface area contributed by atoms with E-state index in [1.807, 2.05) is 69.3 Å². The molecule has 5 heteroatoms. The van der Waals surface area contributed by atoms with Gasteiger partial charge in [-0.15, -0.1) is 0 Å². The smallest absolute Gasteiger partial charge is 0.343 e. The highest BCUT2D eigenvalue weighted by molar-refractivity contribution is 5.97. The quantitative estimate of drug-likeness (QED) is 0.160. The van der Waals surface area contributed by atoms with Crippen molar-refractivity contribution < 1.29 is 23.8 Å². The van der Waals surface area contributed by atoms with E-state index in [9.17, 15) is 9.59 Å². The second-order valence-electron chi connectivity index (χ2n) is 8.59. The van der Waals surface area contributed by atoms with Crippen LogP contribution in [-0.2, 0) is 9.53 Å². The fraction of sp³-hybridized carbons (Fsp3) is 0.161. The molecule has 182 valence electrons. The molecule has 0 saturated carbocycles. The number of benzene rings is 4. The third kappa shape index (κ3) is 5.15. The first kappa shape index (κ1) is 24.7. The Morgan fingerprint density at radius 3 is 2.11 bits per heavy atom. The highest BCUT2D eigenvalue weighted by Crippen LogP contribution is 2.30. The molecule has 0 aliphatic carbocycles. The maximum atomic E-state index is 12.8. The first-order valence-corrected chi connectivity index (χ1v) is 11.6. The number of hydrogen-bond acceptors (Lipinski definition) is 5. The summed E-state index contributed by atoms with van der Waals surface area (Å²) in [7, 11) is 1.62. The van der Waals surface area contributed by atoms with E-state index in [1.54, 1.807) is 25.3 Å². The van der Waals surface area contributed by atoms with Crippen LogP contribution < -0.4 is 9.47 Å². The molecule has 5 nitrogen and oxygen atoms in total. The summed E-state index contributed by atoms with van der Waals surface area (Å²) in [6.07, 6.45) is 0.802. The van der Waals surface area contributed by atoms with E-state index in [4.69, 9.17) is 14.2 Å². The van der Waals surface area contributed by atoms with Crippen LogP contribution >= 0.6 is 0 Å². The Labute approximate surface area is 210 Å². The molecule has 1 unspecified atom stereocenters. The summed E-state index contributed by atoms with van der Waals surface area (Å²) in [4.78, 5) is 24.3. The molecule has 0 fully saturated rings. The minimum Gasteiger partial charge on any atom is -0.496 e. The van der Waals surface area contributed by atoms with E-state index in [1.165, 1.54) is 0 Å². The molecule has 0 aliphatic rings. The predicted molar refractivity (Wildman–Crippen MR) is 142 cm³/mol. The van der Waals surface area contributed by atoms with Crippen molar-refractivity contribution in [2.24, 2.45) is 0 Å². The van der Waals surface area contributed by atoms with Gasteiger partial charge in [0.1, 0.15) is 17.6 Å². The second-order valence-corrected chi connectivity index (χ2v) is 8.59. The van der Waals surface area contributed by atoms with Gasteiger partial charge in [0.2, 0.25) is 0 Å². The van der Waals surface area contributed by atoms with Crippen molar-refractivity contribution in [1.29, 1.82) is 0 Å². The number of esters is 2. The van der Waals surface area contributed by atoms with E-state index in [-0.39, 0.29) is 6.10 Å². The van der Waals surface area contributed by atoms with Crippen LogP contribution in [0, 0.1) is 13.8 Å². The molecule has 0 aliphatic heterocycles. The average molecular weight is 481 g/mol. The molecule has 0 amide bonds. The topological polar surface area (TPSA) is 61.8 Å². The number of methoxy groups -OCH3 is 1. The van der Waals surface area contributed by atoms with Gasteiger partial charge in [-0.2, -0.15) is 0 Å². The van der Waals surface area contributed by atoms with Crippen LogP contribution in [0.5, 0.6) is 11.5 Å². The maximum absolute atomic E-state index is 12.8. The highest BCUT2D eigenvalue weighted by Gasteiger charge is 2.14. The standard InChI is InChI=1S/C31H28O5/c1-6-30(32)35-21(4)22-7-9-23(10-8-22)24-11-12-26-18-27(14-13-25(26)17-24)31(33)36-29-16-15-28(34-5)19(2)20(29)3/h6-18,21H,1H2,2-5H3. The molecule has 4 aromatic rings. The molecule has 4 aromatic carbocycles. The Hall–Kier alpha value is -4.38. The van der Waals surface area contributed by atoms with Crippen molar-refractivity contribution >= 4 is 22.7 Å². The van der Waals surface area contributed by atoms with Crippen LogP contribution in [0.3, 0.4) is 0 Å². The lowest BCUT2D eigenvalue weighted by Gasteiger charge is -2.13. The number of rotatable bonds is 7. The van der Waals surface area contributed by atoms with Gasteiger partial charge in [0, 0.05) is 6.08 Å². The second kappa shape index (κ2) is 10.5. The van der Waals surface area contributed by atoms with E-state index in [2.05, 4.69) is 12.6 Å². The Morgan fingerprint density at radius 2 is 1.42 bits per heavy atom. The van der Waals surface area contributed by atoms with E-state index >= 15 is 0 Å². The van der Waals surface area contributed by atoms with Crippen LogP contribution in [-0.4, -0.2) is 19.0 Å². The average Bonchev–Trinajstić information content (AvgIpc) is 2.90. The van der Waals surface area contributed by atoms with Gasteiger partial charge in [-0.1, -0.05) is 49.0 Å². The molecule has 4 rings (SSSR count). The SMILES string of the molecule is C=CC(=O)OC(C)c1ccc(-c2ccc3cc(C(=O)Oc4ccc(OC)c(C)c4C)ccc3c2)cc1. The van der Waals surface area contributed by atoms with Crippen molar-refractivity contribution in [2.75, 3.05) is 7.11 Å². The van der Waals surface area contributed by atoms with Gasteiger partial charge in [-0.3, -0.25) is 0 Å². The molecule has 0 saturated heterocycles. The number of hydrogen-bond donors (Lipinski definition) is 0. The van der Waals surface area contributed by atoms with Gasteiger partial charge < -0.3 is 14.2 Å². The molecule has 0 radical (unpaired) electrons. The van der Waals surface area contributed by atoms with Crippen molar-refractivity contribution in [3.63, 3.8) is 0 Å². The first-order valence-electron chi connectivity index (χ1n) is 11.6. The molecule has 0 heterocycles. The molecular weight excluding hydrogens is 452 g/mol. The zero-order valence-corrected chi connectivity index (χ0v) is 20.8. The maximum Gasteiger partial charge on any atom is 0.343 e. The van der Waals surface area contributed by atoms with Crippen molar-refractivity contribution in [2.45, 2.75) is 26.9 Å². The highest BCUT2D eigenvalue weighted by atomic mass is 16.5.